The lowest BCUT2D eigenvalue weighted by molar-refractivity contribution is 0.166. The molecule has 0 saturated heterocycles. The Labute approximate surface area is 137 Å². The maximum absolute atomic E-state index is 6.61. The lowest BCUT2D eigenvalue weighted by Gasteiger charge is -2.28. The van der Waals surface area contributed by atoms with Gasteiger partial charge in [-0.3, -0.25) is 0 Å². The van der Waals surface area contributed by atoms with Gasteiger partial charge in [-0.15, -0.1) is 0 Å². The summed E-state index contributed by atoms with van der Waals surface area (Å²) >= 11 is 0. The van der Waals surface area contributed by atoms with Gasteiger partial charge in [-0.1, -0.05) is 92.9 Å². The molecule has 0 fully saturated rings. The van der Waals surface area contributed by atoms with Crippen LogP contribution in [0.2, 0.25) is 11.1 Å². The van der Waals surface area contributed by atoms with E-state index < -0.39 is 9.04 Å². The summed E-state index contributed by atoms with van der Waals surface area (Å²) in [6.45, 7) is 14.0. The predicted octanol–water partition coefficient (Wildman–Crippen LogP) is 7.12. The average molecular weight is 314 g/mol. The van der Waals surface area contributed by atoms with E-state index in [2.05, 4.69) is 41.5 Å². The second-order valence-electron chi connectivity index (χ2n) is 7.15. The van der Waals surface area contributed by atoms with E-state index >= 15 is 0 Å². The molecule has 0 aliphatic carbocycles. The monoisotopic (exact) mass is 313 g/mol. The topological polar surface area (TPSA) is 9.23 Å². The molecule has 127 valence electrons. The second-order valence-corrected chi connectivity index (χ2v) is 10.5. The van der Waals surface area contributed by atoms with Crippen LogP contribution >= 0.6 is 0 Å². The van der Waals surface area contributed by atoms with Crippen molar-refractivity contribution in [1.82, 2.24) is 0 Å². The van der Waals surface area contributed by atoms with Crippen LogP contribution in [0.5, 0.6) is 0 Å². The molecule has 0 heterocycles. The summed E-state index contributed by atoms with van der Waals surface area (Å²) in [7, 11) is -0.658. The highest BCUT2D eigenvalue weighted by atomic mass is 28.3. The van der Waals surface area contributed by atoms with Crippen LogP contribution in [0.25, 0.3) is 0 Å². The molecule has 0 aromatic heterocycles. The molecule has 0 saturated carbocycles. The Morgan fingerprint density at radius 1 is 0.667 bits per heavy atom. The maximum atomic E-state index is 6.61. The zero-order valence-corrected chi connectivity index (χ0v) is 16.7. The summed E-state index contributed by atoms with van der Waals surface area (Å²) in [5.74, 6) is 0. The highest BCUT2D eigenvalue weighted by molar-refractivity contribution is 6.55. The third-order valence-electron chi connectivity index (χ3n) is 4.20. The Kier molecular flexibility index (Phi) is 13.9. The molecule has 0 spiro atoms. The smallest absolute Gasteiger partial charge is 0.217 e. The van der Waals surface area contributed by atoms with E-state index in [9.17, 15) is 0 Å². The van der Waals surface area contributed by atoms with Crippen LogP contribution in [0.3, 0.4) is 0 Å². The zero-order chi connectivity index (χ0) is 16.1. The van der Waals surface area contributed by atoms with E-state index in [4.69, 9.17) is 4.43 Å². The molecule has 0 aromatic rings. The van der Waals surface area contributed by atoms with E-state index in [1.807, 2.05) is 0 Å². The first-order valence-electron chi connectivity index (χ1n) is 9.56. The number of unbranched alkanes of at least 4 members (excludes halogenated alkanes) is 6. The summed E-state index contributed by atoms with van der Waals surface area (Å²) in [5.41, 5.74) is 1.45. The summed E-state index contributed by atoms with van der Waals surface area (Å²) in [5, 5.41) is 0. The minimum absolute atomic E-state index is 0.537. The van der Waals surface area contributed by atoms with Gasteiger partial charge in [-0.05, 0) is 23.9 Å². The third-order valence-corrected chi connectivity index (χ3v) is 7.08. The molecule has 0 aromatic carbocycles. The molecule has 0 aliphatic rings. The fourth-order valence-electron chi connectivity index (χ4n) is 2.98. The molecular formula is C19H41OSi. The molecule has 0 N–H and O–H groups in total. The molecule has 1 atom stereocenters. The Bertz CT molecular complexity index is 208. The first-order valence-corrected chi connectivity index (χ1v) is 11.1. The normalized spacial score (nSPS) is 13.6. The minimum Gasteiger partial charge on any atom is -0.413 e. The van der Waals surface area contributed by atoms with Crippen LogP contribution in [0, 0.1) is 0 Å². The van der Waals surface area contributed by atoms with E-state index in [0.29, 0.717) is 6.10 Å². The van der Waals surface area contributed by atoms with Gasteiger partial charge in [0.2, 0.25) is 9.04 Å². The summed E-state index contributed by atoms with van der Waals surface area (Å²) in [6.07, 6.45) is 14.1. The maximum Gasteiger partial charge on any atom is 0.217 e. The lowest BCUT2D eigenvalue weighted by Crippen LogP contribution is -2.31. The fraction of sp³-hybridized carbons (Fsp3) is 1.00. The quantitative estimate of drug-likeness (QED) is 0.245. The van der Waals surface area contributed by atoms with E-state index in [-0.39, 0.29) is 0 Å². The Morgan fingerprint density at radius 3 is 1.67 bits per heavy atom. The van der Waals surface area contributed by atoms with Crippen LogP contribution in [0.1, 0.15) is 106 Å². The van der Waals surface area contributed by atoms with Crippen molar-refractivity contribution in [3.8, 4) is 0 Å². The highest BCUT2D eigenvalue weighted by Crippen LogP contribution is 2.25. The molecule has 2 heteroatoms. The van der Waals surface area contributed by atoms with Crippen LogP contribution in [-0.2, 0) is 4.43 Å². The van der Waals surface area contributed by atoms with E-state index in [1.54, 1.807) is 0 Å². The predicted molar refractivity (Wildman–Crippen MR) is 98.3 cm³/mol. The van der Waals surface area contributed by atoms with E-state index in [0.717, 1.165) is 11.1 Å². The van der Waals surface area contributed by atoms with Crippen molar-refractivity contribution in [2.45, 2.75) is 123 Å². The van der Waals surface area contributed by atoms with Gasteiger partial charge < -0.3 is 4.43 Å². The SMILES string of the molecule is CCCCCCCCC(CCCC)O[Si](C(C)C)C(C)C. The van der Waals surface area contributed by atoms with Gasteiger partial charge in [0.15, 0.2) is 0 Å². The third kappa shape index (κ3) is 11.4. The molecule has 0 rings (SSSR count). The minimum atomic E-state index is -0.658. The van der Waals surface area contributed by atoms with Crippen LogP contribution in [-0.4, -0.2) is 15.1 Å². The Hall–Kier alpha value is 0.177. The number of hydrogen-bond donors (Lipinski definition) is 0. The van der Waals surface area contributed by atoms with Gasteiger partial charge in [0, 0.05) is 6.10 Å². The molecule has 0 amide bonds. The first kappa shape index (κ1) is 21.2. The fourth-order valence-corrected chi connectivity index (χ4v) is 5.48. The summed E-state index contributed by atoms with van der Waals surface area (Å²) in [4.78, 5) is 0. The van der Waals surface area contributed by atoms with Gasteiger partial charge in [0.25, 0.3) is 0 Å². The lowest BCUT2D eigenvalue weighted by atomic mass is 10.0. The molecule has 0 bridgehead atoms. The van der Waals surface area contributed by atoms with Crippen molar-refractivity contribution in [1.29, 1.82) is 0 Å². The largest absolute Gasteiger partial charge is 0.413 e. The highest BCUT2D eigenvalue weighted by Gasteiger charge is 2.25. The molecule has 21 heavy (non-hydrogen) atoms. The van der Waals surface area contributed by atoms with Crippen LogP contribution < -0.4 is 0 Å². The van der Waals surface area contributed by atoms with Crippen molar-refractivity contribution in [3.05, 3.63) is 0 Å². The van der Waals surface area contributed by atoms with E-state index in [1.165, 1.54) is 64.2 Å². The van der Waals surface area contributed by atoms with Crippen molar-refractivity contribution in [2.75, 3.05) is 0 Å². The van der Waals surface area contributed by atoms with Crippen molar-refractivity contribution in [2.24, 2.45) is 0 Å². The molecular weight excluding hydrogens is 272 g/mol. The molecule has 0 aliphatic heterocycles. The van der Waals surface area contributed by atoms with Crippen molar-refractivity contribution < 1.29 is 4.43 Å². The molecule has 1 unspecified atom stereocenters. The van der Waals surface area contributed by atoms with Gasteiger partial charge in [0.05, 0.1) is 0 Å². The standard InChI is InChI=1S/C19H41OSi/c1-7-9-11-12-13-14-16-19(15-10-8-2)20-21(17(3)4)18(5)6/h17-19H,7-16H2,1-6H3. The average Bonchev–Trinajstić information content (AvgIpc) is 2.43. The Morgan fingerprint density at radius 2 is 1.14 bits per heavy atom. The van der Waals surface area contributed by atoms with Crippen molar-refractivity contribution >= 4 is 9.04 Å². The number of hydrogen-bond acceptors (Lipinski definition) is 1. The zero-order valence-electron chi connectivity index (χ0n) is 15.7. The van der Waals surface area contributed by atoms with Crippen LogP contribution in [0.4, 0.5) is 0 Å². The van der Waals surface area contributed by atoms with Gasteiger partial charge in [-0.25, -0.2) is 0 Å². The summed E-state index contributed by atoms with van der Waals surface area (Å²) < 4.78 is 6.61. The van der Waals surface area contributed by atoms with Crippen molar-refractivity contribution in [3.63, 3.8) is 0 Å². The summed E-state index contributed by atoms with van der Waals surface area (Å²) in [6, 6.07) is 0. The molecule has 1 nitrogen and oxygen atoms in total. The number of rotatable bonds is 14. The van der Waals surface area contributed by atoms with Gasteiger partial charge in [-0.2, -0.15) is 0 Å². The Balaban J connectivity index is 4.11. The van der Waals surface area contributed by atoms with Gasteiger partial charge in [0.1, 0.15) is 0 Å². The van der Waals surface area contributed by atoms with Gasteiger partial charge >= 0.3 is 0 Å². The second kappa shape index (κ2) is 13.8. The van der Waals surface area contributed by atoms with Crippen LogP contribution in [0.15, 0.2) is 0 Å². The molecule has 1 radical (unpaired) electrons. The first-order chi connectivity index (χ1) is 10.0.